The van der Waals surface area contributed by atoms with Crippen molar-refractivity contribution < 1.29 is 9.84 Å². The molecule has 1 heterocycles. The van der Waals surface area contributed by atoms with Crippen molar-refractivity contribution in [3.63, 3.8) is 0 Å². The van der Waals surface area contributed by atoms with Gasteiger partial charge in [0, 0.05) is 5.92 Å². The number of hydrogen-bond acceptors (Lipinski definition) is 2. The highest BCUT2D eigenvalue weighted by atomic mass is 16.6. The van der Waals surface area contributed by atoms with Gasteiger partial charge in [-0.1, -0.05) is 0 Å². The minimum absolute atomic E-state index is 0.455. The van der Waals surface area contributed by atoms with E-state index < -0.39 is 5.79 Å². The summed E-state index contributed by atoms with van der Waals surface area (Å²) in [5, 5.41) is 9.96. The van der Waals surface area contributed by atoms with E-state index in [-0.39, 0.29) is 0 Å². The normalized spacial score (nSPS) is 62.5. The average molecular weight is 168 g/mol. The van der Waals surface area contributed by atoms with E-state index in [0.29, 0.717) is 11.8 Å². The van der Waals surface area contributed by atoms with Crippen LogP contribution >= 0.6 is 0 Å². The van der Waals surface area contributed by atoms with Gasteiger partial charge < -0.3 is 9.84 Å². The fourth-order valence-electron chi connectivity index (χ4n) is 3.85. The fourth-order valence-corrected chi connectivity index (χ4v) is 3.85. The second-order valence-corrected chi connectivity index (χ2v) is 4.89. The van der Waals surface area contributed by atoms with Gasteiger partial charge in [-0.2, -0.15) is 0 Å². The second-order valence-electron chi connectivity index (χ2n) is 4.89. The lowest BCUT2D eigenvalue weighted by Gasteiger charge is -2.30. The lowest BCUT2D eigenvalue weighted by Crippen LogP contribution is -2.36. The highest BCUT2D eigenvalue weighted by Gasteiger charge is 2.58. The van der Waals surface area contributed by atoms with E-state index in [2.05, 4.69) is 0 Å². The first-order valence-electron chi connectivity index (χ1n) is 5.05. The van der Waals surface area contributed by atoms with Crippen molar-refractivity contribution in [2.75, 3.05) is 6.61 Å². The van der Waals surface area contributed by atoms with E-state index in [0.717, 1.165) is 18.4 Å². The van der Waals surface area contributed by atoms with Crippen LogP contribution in [0.1, 0.15) is 26.2 Å². The molecule has 12 heavy (non-hydrogen) atoms. The Labute approximate surface area is 72.9 Å². The van der Waals surface area contributed by atoms with Crippen molar-refractivity contribution in [2.45, 2.75) is 32.0 Å². The maximum atomic E-state index is 9.96. The topological polar surface area (TPSA) is 29.5 Å². The predicted molar refractivity (Wildman–Crippen MR) is 44.4 cm³/mol. The maximum absolute atomic E-state index is 9.96. The molecule has 2 aliphatic carbocycles. The van der Waals surface area contributed by atoms with Crippen molar-refractivity contribution in [3.05, 3.63) is 0 Å². The van der Waals surface area contributed by atoms with Gasteiger partial charge in [0.1, 0.15) is 0 Å². The molecule has 0 aromatic rings. The predicted octanol–water partition coefficient (Wildman–Crippen LogP) is 1.39. The third kappa shape index (κ3) is 0.728. The molecule has 2 bridgehead atoms. The summed E-state index contributed by atoms with van der Waals surface area (Å²) in [5.74, 6) is 1.96. The third-order valence-corrected chi connectivity index (χ3v) is 4.27. The quantitative estimate of drug-likeness (QED) is 0.592. The minimum Gasteiger partial charge on any atom is -0.365 e. The summed E-state index contributed by atoms with van der Waals surface area (Å²) >= 11 is 0. The molecule has 0 spiro atoms. The zero-order chi connectivity index (χ0) is 8.34. The van der Waals surface area contributed by atoms with E-state index in [1.165, 1.54) is 19.3 Å². The highest BCUT2D eigenvalue weighted by molar-refractivity contribution is 5.03. The molecule has 3 fully saturated rings. The van der Waals surface area contributed by atoms with Gasteiger partial charge in [0.05, 0.1) is 6.61 Å². The average Bonchev–Trinajstić information content (AvgIpc) is 2.61. The molecule has 5 unspecified atom stereocenters. The zero-order valence-corrected chi connectivity index (χ0v) is 7.49. The molecule has 0 aromatic carbocycles. The van der Waals surface area contributed by atoms with Crippen LogP contribution in [0.3, 0.4) is 0 Å². The van der Waals surface area contributed by atoms with Gasteiger partial charge in [-0.05, 0) is 43.9 Å². The van der Waals surface area contributed by atoms with Gasteiger partial charge in [0.2, 0.25) is 0 Å². The van der Waals surface area contributed by atoms with Crippen LogP contribution in [0.2, 0.25) is 0 Å². The molecule has 1 N–H and O–H groups in total. The van der Waals surface area contributed by atoms with Crippen LogP contribution in [0.15, 0.2) is 0 Å². The fraction of sp³-hybridized carbons (Fsp3) is 1.00. The lowest BCUT2D eigenvalue weighted by atomic mass is 9.77. The molecule has 1 aliphatic heterocycles. The Hall–Kier alpha value is -0.0800. The van der Waals surface area contributed by atoms with Crippen LogP contribution in [-0.4, -0.2) is 17.5 Å². The molecule has 2 heteroatoms. The van der Waals surface area contributed by atoms with Crippen molar-refractivity contribution >= 4 is 0 Å². The first kappa shape index (κ1) is 7.34. The monoisotopic (exact) mass is 168 g/mol. The van der Waals surface area contributed by atoms with Crippen LogP contribution in [0, 0.1) is 23.7 Å². The molecular formula is C10H16O2. The number of fused-ring (bicyclic) bond motifs is 5. The van der Waals surface area contributed by atoms with Gasteiger partial charge in [0.15, 0.2) is 5.79 Å². The van der Waals surface area contributed by atoms with Crippen LogP contribution in [0.4, 0.5) is 0 Å². The molecular weight excluding hydrogens is 152 g/mol. The summed E-state index contributed by atoms with van der Waals surface area (Å²) in [4.78, 5) is 0. The number of rotatable bonds is 0. The minimum atomic E-state index is -0.801. The Morgan fingerprint density at radius 2 is 2.08 bits per heavy atom. The second kappa shape index (κ2) is 2.05. The summed E-state index contributed by atoms with van der Waals surface area (Å²) in [6.45, 7) is 2.65. The number of hydrogen-bond donors (Lipinski definition) is 1. The molecule has 3 aliphatic rings. The van der Waals surface area contributed by atoms with Crippen molar-refractivity contribution in [1.29, 1.82) is 0 Å². The van der Waals surface area contributed by atoms with Crippen molar-refractivity contribution in [2.24, 2.45) is 23.7 Å². The Kier molecular flexibility index (Phi) is 1.25. The molecule has 0 aromatic heterocycles. The Morgan fingerprint density at radius 1 is 1.33 bits per heavy atom. The largest absolute Gasteiger partial charge is 0.365 e. The van der Waals surface area contributed by atoms with Crippen LogP contribution < -0.4 is 0 Å². The third-order valence-electron chi connectivity index (χ3n) is 4.27. The van der Waals surface area contributed by atoms with E-state index in [1.807, 2.05) is 6.92 Å². The molecule has 2 nitrogen and oxygen atoms in total. The molecule has 0 amide bonds. The Morgan fingerprint density at radius 3 is 2.83 bits per heavy atom. The molecule has 68 valence electrons. The summed E-state index contributed by atoms with van der Waals surface area (Å²) in [5.41, 5.74) is 0. The molecule has 1 saturated heterocycles. The van der Waals surface area contributed by atoms with E-state index >= 15 is 0 Å². The van der Waals surface area contributed by atoms with Crippen molar-refractivity contribution in [3.8, 4) is 0 Å². The van der Waals surface area contributed by atoms with E-state index in [9.17, 15) is 5.11 Å². The SMILES string of the molecule is CC1(O)OCC2C3CCC(C3)C21. The summed E-state index contributed by atoms with van der Waals surface area (Å²) in [7, 11) is 0. The molecule has 0 radical (unpaired) electrons. The summed E-state index contributed by atoms with van der Waals surface area (Å²) in [6, 6.07) is 0. The van der Waals surface area contributed by atoms with Gasteiger partial charge >= 0.3 is 0 Å². The smallest absolute Gasteiger partial charge is 0.166 e. The van der Waals surface area contributed by atoms with Crippen LogP contribution in [0.5, 0.6) is 0 Å². The summed E-state index contributed by atoms with van der Waals surface area (Å²) < 4.78 is 5.44. The standard InChI is InChI=1S/C10H16O2/c1-10(11)9-7-3-2-6(4-7)8(9)5-12-10/h6-9,11H,2-5H2,1H3. The Balaban J connectivity index is 1.95. The van der Waals surface area contributed by atoms with Gasteiger partial charge in [-0.25, -0.2) is 0 Å². The number of ether oxygens (including phenoxy) is 1. The highest BCUT2D eigenvalue weighted by Crippen LogP contribution is 2.59. The summed E-state index contributed by atoms with van der Waals surface area (Å²) in [6.07, 6.45) is 4.06. The van der Waals surface area contributed by atoms with Crippen molar-refractivity contribution in [1.82, 2.24) is 0 Å². The molecule has 3 rings (SSSR count). The zero-order valence-electron chi connectivity index (χ0n) is 7.49. The molecule has 5 atom stereocenters. The van der Waals surface area contributed by atoms with Gasteiger partial charge in [-0.3, -0.25) is 0 Å². The first-order chi connectivity index (χ1) is 5.68. The van der Waals surface area contributed by atoms with Gasteiger partial charge in [-0.15, -0.1) is 0 Å². The Bertz CT molecular complexity index is 212. The molecule has 2 saturated carbocycles. The van der Waals surface area contributed by atoms with Crippen LogP contribution in [-0.2, 0) is 4.74 Å². The van der Waals surface area contributed by atoms with Crippen LogP contribution in [0.25, 0.3) is 0 Å². The maximum Gasteiger partial charge on any atom is 0.166 e. The first-order valence-corrected chi connectivity index (χ1v) is 5.05. The van der Waals surface area contributed by atoms with E-state index in [4.69, 9.17) is 4.74 Å². The lowest BCUT2D eigenvalue weighted by molar-refractivity contribution is -0.188. The number of aliphatic hydroxyl groups is 1. The van der Waals surface area contributed by atoms with E-state index in [1.54, 1.807) is 0 Å². The van der Waals surface area contributed by atoms with Gasteiger partial charge in [0.25, 0.3) is 0 Å².